The van der Waals surface area contributed by atoms with Crippen LogP contribution >= 0.6 is 11.6 Å². The number of nitrogens with zero attached hydrogens (tertiary/aromatic N) is 3. The van der Waals surface area contributed by atoms with E-state index in [1.807, 2.05) is 18.4 Å². The molecule has 2 aromatic heterocycles. The third-order valence-corrected chi connectivity index (χ3v) is 4.48. The fraction of sp³-hybridized carbons (Fsp3) is 0.211. The molecule has 0 radical (unpaired) electrons. The van der Waals surface area contributed by atoms with E-state index in [9.17, 15) is 9.59 Å². The van der Waals surface area contributed by atoms with E-state index in [1.165, 1.54) is 22.9 Å². The van der Waals surface area contributed by atoms with Crippen LogP contribution in [0.1, 0.15) is 21.7 Å². The maximum atomic E-state index is 12.4. The fourth-order valence-corrected chi connectivity index (χ4v) is 2.80. The molecule has 0 atom stereocenters. The van der Waals surface area contributed by atoms with Crippen molar-refractivity contribution < 1.29 is 4.79 Å². The molecule has 0 aliphatic carbocycles. The van der Waals surface area contributed by atoms with Gasteiger partial charge in [-0.25, -0.2) is 4.98 Å². The second-order valence-electron chi connectivity index (χ2n) is 5.97. The molecule has 0 unspecified atom stereocenters. The molecule has 0 bridgehead atoms. The highest BCUT2D eigenvalue weighted by atomic mass is 35.5. The standard InChI is InChI=1S/C19H19ClN4O2/c1-13-14(2)23(12-22-13)9-8-21-19(26)15-6-7-18(25)24(11-15)17-5-3-4-16(20)10-17/h3-7,10-12H,8-9H2,1-2H3,(H,21,26). The number of carbonyl (C=O) groups is 1. The molecule has 3 rings (SSSR count). The van der Waals surface area contributed by atoms with Gasteiger partial charge in [0.25, 0.3) is 11.5 Å². The number of hydrogen-bond donors (Lipinski definition) is 1. The van der Waals surface area contributed by atoms with Crippen molar-refractivity contribution in [2.45, 2.75) is 20.4 Å². The number of benzene rings is 1. The van der Waals surface area contributed by atoms with Crippen LogP contribution in [0, 0.1) is 13.8 Å². The molecule has 1 amide bonds. The second-order valence-corrected chi connectivity index (χ2v) is 6.41. The lowest BCUT2D eigenvalue weighted by Gasteiger charge is -2.10. The molecule has 0 spiro atoms. The summed E-state index contributed by atoms with van der Waals surface area (Å²) in [6.45, 7) is 5.03. The molecule has 6 nitrogen and oxygen atoms in total. The first-order valence-electron chi connectivity index (χ1n) is 8.21. The van der Waals surface area contributed by atoms with Crippen LogP contribution < -0.4 is 10.9 Å². The normalized spacial score (nSPS) is 10.7. The minimum atomic E-state index is -0.240. The van der Waals surface area contributed by atoms with Gasteiger partial charge < -0.3 is 9.88 Å². The van der Waals surface area contributed by atoms with E-state index in [4.69, 9.17) is 11.6 Å². The summed E-state index contributed by atoms with van der Waals surface area (Å²) < 4.78 is 3.40. The van der Waals surface area contributed by atoms with E-state index in [0.29, 0.717) is 29.4 Å². The summed E-state index contributed by atoms with van der Waals surface area (Å²) in [5.41, 5.74) is 2.84. The molecule has 7 heteroatoms. The topological polar surface area (TPSA) is 68.9 Å². The van der Waals surface area contributed by atoms with Gasteiger partial charge in [0.2, 0.25) is 0 Å². The van der Waals surface area contributed by atoms with Crippen molar-refractivity contribution in [2.75, 3.05) is 6.54 Å². The van der Waals surface area contributed by atoms with Crippen molar-refractivity contribution in [1.82, 2.24) is 19.4 Å². The number of carbonyl (C=O) groups excluding carboxylic acids is 1. The highest BCUT2D eigenvalue weighted by Crippen LogP contribution is 2.13. The Labute approximate surface area is 156 Å². The van der Waals surface area contributed by atoms with Gasteiger partial charge >= 0.3 is 0 Å². The summed E-state index contributed by atoms with van der Waals surface area (Å²) in [5.74, 6) is -0.240. The second kappa shape index (κ2) is 7.58. The largest absolute Gasteiger partial charge is 0.350 e. The molecule has 26 heavy (non-hydrogen) atoms. The zero-order chi connectivity index (χ0) is 18.7. The number of nitrogens with one attached hydrogen (secondary N) is 1. The number of hydrogen-bond acceptors (Lipinski definition) is 3. The van der Waals surface area contributed by atoms with Crippen LogP contribution in [0.4, 0.5) is 0 Å². The molecule has 0 aliphatic heterocycles. The first kappa shape index (κ1) is 17.9. The summed E-state index contributed by atoms with van der Waals surface area (Å²) >= 11 is 5.99. The van der Waals surface area contributed by atoms with E-state index in [0.717, 1.165) is 11.4 Å². The Kier molecular flexibility index (Phi) is 5.23. The zero-order valence-corrected chi connectivity index (χ0v) is 15.3. The SMILES string of the molecule is Cc1ncn(CCNC(=O)c2ccc(=O)n(-c3cccc(Cl)c3)c2)c1C. The summed E-state index contributed by atoms with van der Waals surface area (Å²) in [6.07, 6.45) is 3.28. The molecular weight excluding hydrogens is 352 g/mol. The Hall–Kier alpha value is -2.86. The number of aryl methyl sites for hydroxylation is 1. The van der Waals surface area contributed by atoms with Crippen molar-refractivity contribution in [3.05, 3.63) is 81.3 Å². The van der Waals surface area contributed by atoms with E-state index in [2.05, 4.69) is 10.3 Å². The highest BCUT2D eigenvalue weighted by molar-refractivity contribution is 6.30. The van der Waals surface area contributed by atoms with Crippen LogP contribution in [-0.4, -0.2) is 26.6 Å². The number of halogens is 1. The maximum absolute atomic E-state index is 12.4. The lowest BCUT2D eigenvalue weighted by atomic mass is 10.2. The van der Waals surface area contributed by atoms with Crippen molar-refractivity contribution in [3.63, 3.8) is 0 Å². The van der Waals surface area contributed by atoms with Gasteiger partial charge in [-0.15, -0.1) is 0 Å². The Balaban J connectivity index is 1.73. The first-order chi connectivity index (χ1) is 12.5. The van der Waals surface area contributed by atoms with Gasteiger partial charge in [-0.1, -0.05) is 17.7 Å². The lowest BCUT2D eigenvalue weighted by Crippen LogP contribution is -2.29. The summed E-state index contributed by atoms with van der Waals surface area (Å²) in [6, 6.07) is 9.82. The molecular formula is C19H19ClN4O2. The van der Waals surface area contributed by atoms with E-state index in [1.54, 1.807) is 30.6 Å². The molecule has 0 fully saturated rings. The zero-order valence-electron chi connectivity index (χ0n) is 14.6. The fourth-order valence-electron chi connectivity index (χ4n) is 2.61. The van der Waals surface area contributed by atoms with Crippen molar-refractivity contribution in [2.24, 2.45) is 0 Å². The Morgan fingerprint density at radius 3 is 2.73 bits per heavy atom. The van der Waals surface area contributed by atoms with Gasteiger partial charge in [-0.3, -0.25) is 14.2 Å². The third-order valence-electron chi connectivity index (χ3n) is 4.24. The van der Waals surface area contributed by atoms with Crippen LogP contribution in [0.15, 0.2) is 53.7 Å². The Morgan fingerprint density at radius 2 is 2.04 bits per heavy atom. The number of pyridine rings is 1. The number of amides is 1. The number of rotatable bonds is 5. The van der Waals surface area contributed by atoms with Crippen molar-refractivity contribution in [3.8, 4) is 5.69 Å². The predicted octanol–water partition coefficient (Wildman–Crippen LogP) is 2.73. The Morgan fingerprint density at radius 1 is 1.23 bits per heavy atom. The Bertz CT molecular complexity index is 1010. The van der Waals surface area contributed by atoms with Gasteiger partial charge in [0.05, 0.1) is 23.3 Å². The average Bonchev–Trinajstić information content (AvgIpc) is 2.94. The van der Waals surface area contributed by atoms with Crippen LogP contribution in [0.2, 0.25) is 5.02 Å². The van der Waals surface area contributed by atoms with Crippen LogP contribution in [0.5, 0.6) is 0 Å². The molecule has 3 aromatic rings. The molecule has 1 N–H and O–H groups in total. The molecule has 0 aliphatic rings. The monoisotopic (exact) mass is 370 g/mol. The van der Waals surface area contributed by atoms with E-state index in [-0.39, 0.29) is 11.5 Å². The molecule has 1 aromatic carbocycles. The number of aromatic nitrogens is 3. The van der Waals surface area contributed by atoms with Gasteiger partial charge in [-0.2, -0.15) is 0 Å². The number of imidazole rings is 1. The quantitative estimate of drug-likeness (QED) is 0.750. The first-order valence-corrected chi connectivity index (χ1v) is 8.58. The van der Waals surface area contributed by atoms with E-state index >= 15 is 0 Å². The minimum Gasteiger partial charge on any atom is -0.350 e. The summed E-state index contributed by atoms with van der Waals surface area (Å²) in [5, 5.41) is 3.39. The molecule has 134 valence electrons. The third kappa shape index (κ3) is 3.86. The van der Waals surface area contributed by atoms with Gasteiger partial charge in [-0.05, 0) is 38.1 Å². The lowest BCUT2D eigenvalue weighted by molar-refractivity contribution is 0.0951. The minimum absolute atomic E-state index is 0.228. The van der Waals surface area contributed by atoms with Crippen molar-refractivity contribution in [1.29, 1.82) is 0 Å². The van der Waals surface area contributed by atoms with Gasteiger partial charge in [0, 0.05) is 36.1 Å². The van der Waals surface area contributed by atoms with Crippen LogP contribution in [0.3, 0.4) is 0 Å². The maximum Gasteiger partial charge on any atom is 0.255 e. The molecule has 2 heterocycles. The van der Waals surface area contributed by atoms with Gasteiger partial charge in [0.15, 0.2) is 0 Å². The van der Waals surface area contributed by atoms with Crippen LogP contribution in [-0.2, 0) is 6.54 Å². The van der Waals surface area contributed by atoms with E-state index < -0.39 is 0 Å². The van der Waals surface area contributed by atoms with Crippen LogP contribution in [0.25, 0.3) is 5.69 Å². The smallest absolute Gasteiger partial charge is 0.255 e. The summed E-state index contributed by atoms with van der Waals surface area (Å²) in [4.78, 5) is 28.8. The molecule has 0 saturated carbocycles. The highest BCUT2D eigenvalue weighted by Gasteiger charge is 2.09. The molecule has 0 saturated heterocycles. The van der Waals surface area contributed by atoms with Gasteiger partial charge in [0.1, 0.15) is 0 Å². The predicted molar refractivity (Wildman–Crippen MR) is 101 cm³/mol. The summed E-state index contributed by atoms with van der Waals surface area (Å²) in [7, 11) is 0. The average molecular weight is 371 g/mol. The van der Waals surface area contributed by atoms with Crippen molar-refractivity contribution >= 4 is 17.5 Å².